The number of hydrogen-bond donors (Lipinski definition) is 1. The molecule has 0 fully saturated rings. The fraction of sp³-hybridized carbons (Fsp3) is 0.739. The number of hydrogen-bond acceptors (Lipinski definition) is 3. The van der Waals surface area contributed by atoms with Crippen molar-refractivity contribution < 1.29 is 19.4 Å². The summed E-state index contributed by atoms with van der Waals surface area (Å²) in [7, 11) is 0. The van der Waals surface area contributed by atoms with Crippen LogP contribution in [0.15, 0.2) is 24.8 Å². The molecule has 0 unspecified atom stereocenters. The molecule has 0 rings (SSSR count). The Morgan fingerprint density at radius 2 is 1.41 bits per heavy atom. The SMILES string of the molecule is C=C(CCC(C)C)C(=O)OCCCCCCCCCCCC.C=CC(=O)O. The number of unbranched alkanes of at least 4 members (excludes halogenated alkanes) is 9. The number of carbonyl (C=O) groups excluding carboxylic acids is 1. The largest absolute Gasteiger partial charge is 0.478 e. The van der Waals surface area contributed by atoms with Gasteiger partial charge in [0.2, 0.25) is 0 Å². The average Bonchev–Trinajstić information content (AvgIpc) is 2.64. The fourth-order valence-corrected chi connectivity index (χ4v) is 2.42. The average molecular weight is 383 g/mol. The van der Waals surface area contributed by atoms with Crippen molar-refractivity contribution in [3.05, 3.63) is 24.8 Å². The molecule has 0 aliphatic rings. The van der Waals surface area contributed by atoms with E-state index in [4.69, 9.17) is 9.84 Å². The summed E-state index contributed by atoms with van der Waals surface area (Å²) in [5.41, 5.74) is 0.626. The molecule has 0 spiro atoms. The van der Waals surface area contributed by atoms with Gasteiger partial charge in [0.1, 0.15) is 0 Å². The number of carboxylic acid groups (broad SMARTS) is 1. The van der Waals surface area contributed by atoms with E-state index in [0.29, 0.717) is 18.1 Å². The molecular formula is C23H42O4. The van der Waals surface area contributed by atoms with E-state index in [1.807, 2.05) is 0 Å². The van der Waals surface area contributed by atoms with Gasteiger partial charge in [-0.3, -0.25) is 0 Å². The lowest BCUT2D eigenvalue weighted by molar-refractivity contribution is -0.139. The fourth-order valence-electron chi connectivity index (χ4n) is 2.42. The van der Waals surface area contributed by atoms with Crippen LogP contribution >= 0.6 is 0 Å². The van der Waals surface area contributed by atoms with Gasteiger partial charge in [0.25, 0.3) is 0 Å². The van der Waals surface area contributed by atoms with Crippen molar-refractivity contribution in [2.75, 3.05) is 6.61 Å². The van der Waals surface area contributed by atoms with E-state index in [-0.39, 0.29) is 5.97 Å². The second kappa shape index (κ2) is 20.7. The number of ether oxygens (including phenoxy) is 1. The van der Waals surface area contributed by atoms with Crippen LogP contribution in [0, 0.1) is 5.92 Å². The van der Waals surface area contributed by atoms with Gasteiger partial charge in [-0.15, -0.1) is 0 Å². The molecule has 4 nitrogen and oxygen atoms in total. The Labute approximate surface area is 167 Å². The summed E-state index contributed by atoms with van der Waals surface area (Å²) in [6.07, 6.45) is 15.6. The van der Waals surface area contributed by atoms with E-state index in [1.165, 1.54) is 57.8 Å². The van der Waals surface area contributed by atoms with Crippen LogP contribution in [0.25, 0.3) is 0 Å². The van der Waals surface area contributed by atoms with E-state index in [2.05, 4.69) is 33.9 Å². The summed E-state index contributed by atoms with van der Waals surface area (Å²) >= 11 is 0. The minimum absolute atomic E-state index is 0.198. The minimum atomic E-state index is -0.981. The molecule has 0 amide bonds. The van der Waals surface area contributed by atoms with Gasteiger partial charge >= 0.3 is 11.9 Å². The van der Waals surface area contributed by atoms with Crippen LogP contribution < -0.4 is 0 Å². The zero-order valence-corrected chi connectivity index (χ0v) is 17.9. The van der Waals surface area contributed by atoms with Gasteiger partial charge in [-0.1, -0.05) is 91.7 Å². The van der Waals surface area contributed by atoms with Crippen molar-refractivity contribution >= 4 is 11.9 Å². The first-order valence-electron chi connectivity index (χ1n) is 10.5. The first-order valence-corrected chi connectivity index (χ1v) is 10.5. The monoisotopic (exact) mass is 382 g/mol. The quantitative estimate of drug-likeness (QED) is 0.183. The molecule has 158 valence electrons. The summed E-state index contributed by atoms with van der Waals surface area (Å²) in [5, 5.41) is 7.60. The molecule has 0 radical (unpaired) electrons. The van der Waals surface area contributed by atoms with E-state index < -0.39 is 5.97 Å². The Morgan fingerprint density at radius 3 is 1.81 bits per heavy atom. The van der Waals surface area contributed by atoms with Crippen molar-refractivity contribution in [2.24, 2.45) is 5.92 Å². The van der Waals surface area contributed by atoms with Gasteiger partial charge in [0.15, 0.2) is 0 Å². The maximum atomic E-state index is 11.7. The Morgan fingerprint density at radius 1 is 0.963 bits per heavy atom. The standard InChI is InChI=1S/C20H38O2.C3H4O2/c1-5-6-7-8-9-10-11-12-13-14-17-22-20(21)19(4)16-15-18(2)3;1-2-3(4)5/h18H,4-17H2,1-3H3;2H,1H2,(H,4,5). The van der Waals surface area contributed by atoms with Crippen LogP contribution in [-0.4, -0.2) is 23.7 Å². The lowest BCUT2D eigenvalue weighted by atomic mass is 10.0. The minimum Gasteiger partial charge on any atom is -0.478 e. The number of carbonyl (C=O) groups is 2. The molecule has 0 aliphatic carbocycles. The van der Waals surface area contributed by atoms with Gasteiger partial charge in [0.05, 0.1) is 6.61 Å². The van der Waals surface area contributed by atoms with Crippen LogP contribution in [0.2, 0.25) is 0 Å². The maximum Gasteiger partial charge on any atom is 0.333 e. The topological polar surface area (TPSA) is 63.6 Å². The van der Waals surface area contributed by atoms with Gasteiger partial charge < -0.3 is 9.84 Å². The molecular weight excluding hydrogens is 340 g/mol. The third-order valence-electron chi connectivity index (χ3n) is 4.22. The Balaban J connectivity index is 0. The van der Waals surface area contributed by atoms with Crippen molar-refractivity contribution in [1.82, 2.24) is 0 Å². The first kappa shape index (κ1) is 27.6. The van der Waals surface area contributed by atoms with Crippen LogP contribution in [0.5, 0.6) is 0 Å². The van der Waals surface area contributed by atoms with Crippen LogP contribution in [0.3, 0.4) is 0 Å². The number of rotatable bonds is 16. The highest BCUT2D eigenvalue weighted by Gasteiger charge is 2.08. The van der Waals surface area contributed by atoms with Crippen molar-refractivity contribution in [1.29, 1.82) is 0 Å². The highest BCUT2D eigenvalue weighted by molar-refractivity contribution is 5.87. The second-order valence-corrected chi connectivity index (χ2v) is 7.40. The van der Waals surface area contributed by atoms with Gasteiger partial charge in [-0.2, -0.15) is 0 Å². The van der Waals surface area contributed by atoms with Crippen LogP contribution in [0.1, 0.15) is 97.8 Å². The highest BCUT2D eigenvalue weighted by Crippen LogP contribution is 2.12. The number of esters is 1. The third-order valence-corrected chi connectivity index (χ3v) is 4.22. The molecule has 0 saturated carbocycles. The van der Waals surface area contributed by atoms with E-state index in [1.54, 1.807) is 0 Å². The molecule has 4 heteroatoms. The maximum absolute atomic E-state index is 11.7. The van der Waals surface area contributed by atoms with Crippen molar-refractivity contribution in [2.45, 2.75) is 97.8 Å². The Bertz CT molecular complexity index is 399. The smallest absolute Gasteiger partial charge is 0.333 e. The zero-order valence-electron chi connectivity index (χ0n) is 17.9. The van der Waals surface area contributed by atoms with Crippen LogP contribution in [0.4, 0.5) is 0 Å². The van der Waals surface area contributed by atoms with E-state index >= 15 is 0 Å². The van der Waals surface area contributed by atoms with Gasteiger partial charge in [-0.05, 0) is 25.2 Å². The molecule has 0 aromatic rings. The summed E-state index contributed by atoms with van der Waals surface area (Å²) in [6.45, 7) is 13.9. The molecule has 0 aromatic carbocycles. The van der Waals surface area contributed by atoms with Crippen molar-refractivity contribution in [3.63, 3.8) is 0 Å². The summed E-state index contributed by atoms with van der Waals surface area (Å²) in [4.78, 5) is 20.9. The Hall–Kier alpha value is -1.58. The van der Waals surface area contributed by atoms with E-state index in [9.17, 15) is 9.59 Å². The summed E-state index contributed by atoms with van der Waals surface area (Å²) in [6, 6.07) is 0. The molecule has 0 aromatic heterocycles. The van der Waals surface area contributed by atoms with Crippen molar-refractivity contribution in [3.8, 4) is 0 Å². The number of carboxylic acids is 1. The molecule has 0 atom stereocenters. The van der Waals surface area contributed by atoms with E-state index in [0.717, 1.165) is 25.3 Å². The molecule has 1 N–H and O–H groups in total. The van der Waals surface area contributed by atoms with Gasteiger partial charge in [-0.25, -0.2) is 9.59 Å². The predicted molar refractivity (Wildman–Crippen MR) is 114 cm³/mol. The van der Waals surface area contributed by atoms with Crippen LogP contribution in [-0.2, 0) is 14.3 Å². The highest BCUT2D eigenvalue weighted by atomic mass is 16.5. The summed E-state index contributed by atoms with van der Waals surface area (Å²) in [5.74, 6) is -0.576. The predicted octanol–water partition coefficient (Wildman–Crippen LogP) is 6.70. The first-order chi connectivity index (χ1) is 12.8. The lowest BCUT2D eigenvalue weighted by Crippen LogP contribution is -2.09. The number of aliphatic carboxylic acids is 1. The molecule has 0 heterocycles. The van der Waals surface area contributed by atoms with Gasteiger partial charge in [0, 0.05) is 11.6 Å². The lowest BCUT2D eigenvalue weighted by Gasteiger charge is -2.08. The molecule has 27 heavy (non-hydrogen) atoms. The third kappa shape index (κ3) is 24.4. The summed E-state index contributed by atoms with van der Waals surface area (Å²) < 4.78 is 5.27. The second-order valence-electron chi connectivity index (χ2n) is 7.40. The molecule has 0 bridgehead atoms. The normalized spacial score (nSPS) is 10.1. The molecule has 0 aliphatic heterocycles. The molecule has 0 saturated heterocycles. The zero-order chi connectivity index (χ0) is 20.9. The Kier molecular flexibility index (Phi) is 21.2.